The van der Waals surface area contributed by atoms with Crippen molar-refractivity contribution < 1.29 is 8.42 Å². The van der Waals surface area contributed by atoms with Crippen LogP contribution in [0.4, 0.5) is 0 Å². The average molecular weight is 441 g/mol. The van der Waals surface area contributed by atoms with Crippen molar-refractivity contribution in [2.24, 2.45) is 0 Å². The number of H-pyrrole nitrogens is 2. The lowest BCUT2D eigenvalue weighted by Crippen LogP contribution is -2.48. The lowest BCUT2D eigenvalue weighted by Gasteiger charge is -2.34. The number of aromatic nitrogens is 2. The Morgan fingerprint density at radius 2 is 1.57 bits per heavy atom. The van der Waals surface area contributed by atoms with Crippen LogP contribution in [0.25, 0.3) is 11.0 Å². The fourth-order valence-electron chi connectivity index (χ4n) is 3.36. The number of nitrogens with zero attached hydrogens (tertiary/aromatic N) is 2. The summed E-state index contributed by atoms with van der Waals surface area (Å²) in [6.07, 6.45) is 0. The number of rotatable bonds is 4. The molecule has 0 amide bonds. The highest BCUT2D eigenvalue weighted by molar-refractivity contribution is 7.89. The second kappa shape index (κ2) is 7.53. The molecule has 2 N–H and O–H groups in total. The summed E-state index contributed by atoms with van der Waals surface area (Å²) >= 11 is 12.5. The number of benzene rings is 2. The summed E-state index contributed by atoms with van der Waals surface area (Å²) in [4.78, 5) is 18.9. The van der Waals surface area contributed by atoms with E-state index in [0.717, 1.165) is 5.56 Å². The average Bonchev–Trinajstić information content (AvgIpc) is 3.04. The van der Waals surface area contributed by atoms with Gasteiger partial charge in [-0.1, -0.05) is 29.3 Å². The molecule has 0 bridgehead atoms. The van der Waals surface area contributed by atoms with E-state index in [0.29, 0.717) is 53.8 Å². The maximum Gasteiger partial charge on any atom is 0.323 e. The molecule has 2 aromatic carbocycles. The number of hydrogen-bond acceptors (Lipinski definition) is 4. The van der Waals surface area contributed by atoms with Crippen molar-refractivity contribution in [3.8, 4) is 0 Å². The minimum Gasteiger partial charge on any atom is -0.306 e. The molecule has 7 nitrogen and oxygen atoms in total. The summed E-state index contributed by atoms with van der Waals surface area (Å²) in [6, 6.07) is 9.98. The Morgan fingerprint density at radius 1 is 0.929 bits per heavy atom. The van der Waals surface area contributed by atoms with Gasteiger partial charge in [-0.25, -0.2) is 13.2 Å². The topological polar surface area (TPSA) is 89.3 Å². The zero-order chi connectivity index (χ0) is 19.9. The monoisotopic (exact) mass is 440 g/mol. The molecule has 28 heavy (non-hydrogen) atoms. The predicted octanol–water partition coefficient (Wildman–Crippen LogP) is 2.67. The first kappa shape index (κ1) is 19.5. The molecule has 0 unspecified atom stereocenters. The molecule has 0 spiro atoms. The van der Waals surface area contributed by atoms with Crippen LogP contribution in [0.1, 0.15) is 5.56 Å². The van der Waals surface area contributed by atoms with Gasteiger partial charge < -0.3 is 9.97 Å². The SMILES string of the molecule is O=c1[nH]c2ccc(S(=O)(=O)N3CCN(Cc4c(Cl)cccc4Cl)CC3)cc2[nH]1. The number of sulfonamides is 1. The first-order chi connectivity index (χ1) is 13.3. The van der Waals surface area contributed by atoms with E-state index < -0.39 is 10.0 Å². The fraction of sp³-hybridized carbons (Fsp3) is 0.278. The molecule has 1 saturated heterocycles. The summed E-state index contributed by atoms with van der Waals surface area (Å²) in [5.41, 5.74) is 1.53. The van der Waals surface area contributed by atoms with E-state index in [9.17, 15) is 13.2 Å². The maximum atomic E-state index is 13.0. The van der Waals surface area contributed by atoms with Crippen LogP contribution in [0.2, 0.25) is 10.0 Å². The second-order valence-electron chi connectivity index (χ2n) is 6.67. The Labute approximate surface area is 171 Å². The van der Waals surface area contributed by atoms with E-state index in [1.54, 1.807) is 24.3 Å². The molecule has 1 aliphatic heterocycles. The van der Waals surface area contributed by atoms with Crippen LogP contribution >= 0.6 is 23.2 Å². The van der Waals surface area contributed by atoms with Crippen LogP contribution in [0.3, 0.4) is 0 Å². The first-order valence-corrected chi connectivity index (χ1v) is 10.9. The lowest BCUT2D eigenvalue weighted by atomic mass is 10.2. The molecule has 3 aromatic rings. The van der Waals surface area contributed by atoms with Crippen molar-refractivity contribution in [3.63, 3.8) is 0 Å². The predicted molar refractivity (Wildman–Crippen MR) is 109 cm³/mol. The Bertz CT molecular complexity index is 1160. The van der Waals surface area contributed by atoms with Crippen molar-refractivity contribution in [2.75, 3.05) is 26.2 Å². The third-order valence-electron chi connectivity index (χ3n) is 4.90. The summed E-state index contributed by atoms with van der Waals surface area (Å²) in [7, 11) is -3.64. The Morgan fingerprint density at radius 3 is 2.25 bits per heavy atom. The van der Waals surface area contributed by atoms with Crippen LogP contribution < -0.4 is 5.69 Å². The van der Waals surface area contributed by atoms with Gasteiger partial charge in [0.15, 0.2) is 0 Å². The van der Waals surface area contributed by atoms with Gasteiger partial charge in [-0.3, -0.25) is 4.90 Å². The molecule has 0 atom stereocenters. The molecular formula is C18H18Cl2N4O3S. The number of fused-ring (bicyclic) bond motifs is 1. The van der Waals surface area contributed by atoms with Crippen molar-refractivity contribution in [2.45, 2.75) is 11.4 Å². The summed E-state index contributed by atoms with van der Waals surface area (Å²) < 4.78 is 27.4. The first-order valence-electron chi connectivity index (χ1n) is 8.72. The Balaban J connectivity index is 1.48. The van der Waals surface area contributed by atoms with E-state index in [2.05, 4.69) is 14.9 Å². The van der Waals surface area contributed by atoms with Crippen LogP contribution in [0.15, 0.2) is 46.1 Å². The molecule has 0 aliphatic carbocycles. The minimum atomic E-state index is -3.64. The van der Waals surface area contributed by atoms with Gasteiger partial charge >= 0.3 is 5.69 Å². The van der Waals surface area contributed by atoms with Crippen LogP contribution in [-0.4, -0.2) is 53.8 Å². The molecule has 10 heteroatoms. The number of halogens is 2. The van der Waals surface area contributed by atoms with E-state index in [1.807, 2.05) is 0 Å². The largest absolute Gasteiger partial charge is 0.323 e. The molecule has 148 valence electrons. The number of hydrogen-bond donors (Lipinski definition) is 2. The second-order valence-corrected chi connectivity index (χ2v) is 9.42. The summed E-state index contributed by atoms with van der Waals surface area (Å²) in [5.74, 6) is 0. The number of aromatic amines is 2. The number of imidazole rings is 1. The van der Waals surface area contributed by atoms with Gasteiger partial charge in [0, 0.05) is 48.3 Å². The van der Waals surface area contributed by atoms with Crippen LogP contribution in [0.5, 0.6) is 0 Å². The standard InChI is InChI=1S/C18H18Cl2N4O3S/c19-14-2-1-3-15(20)13(14)11-23-6-8-24(9-7-23)28(26,27)12-4-5-16-17(10-12)22-18(25)21-16/h1-5,10H,6-9,11H2,(H2,21,22,25). The molecule has 1 aromatic heterocycles. The summed E-state index contributed by atoms with van der Waals surface area (Å²) in [6.45, 7) is 2.45. The zero-order valence-electron chi connectivity index (χ0n) is 14.8. The molecule has 1 fully saturated rings. The van der Waals surface area contributed by atoms with E-state index in [4.69, 9.17) is 23.2 Å². The van der Waals surface area contributed by atoms with Crippen molar-refractivity contribution in [1.82, 2.24) is 19.2 Å². The molecular weight excluding hydrogens is 423 g/mol. The Kier molecular flexibility index (Phi) is 5.24. The molecule has 2 heterocycles. The van der Waals surface area contributed by atoms with Crippen molar-refractivity contribution in [3.05, 3.63) is 62.5 Å². The van der Waals surface area contributed by atoms with Crippen molar-refractivity contribution in [1.29, 1.82) is 0 Å². The van der Waals surface area contributed by atoms with E-state index in [1.165, 1.54) is 16.4 Å². The third-order valence-corrected chi connectivity index (χ3v) is 7.50. The fourth-order valence-corrected chi connectivity index (χ4v) is 5.32. The van der Waals surface area contributed by atoms with Gasteiger partial charge in [-0.05, 0) is 30.3 Å². The molecule has 4 rings (SSSR count). The van der Waals surface area contributed by atoms with Gasteiger partial charge in [0.25, 0.3) is 0 Å². The number of nitrogens with one attached hydrogen (secondary N) is 2. The molecule has 0 saturated carbocycles. The van der Waals surface area contributed by atoms with Gasteiger partial charge in [0.1, 0.15) is 0 Å². The van der Waals surface area contributed by atoms with Crippen LogP contribution in [0, 0.1) is 0 Å². The summed E-state index contributed by atoms with van der Waals surface area (Å²) in [5, 5.41) is 1.22. The van der Waals surface area contributed by atoms with Gasteiger partial charge in [-0.15, -0.1) is 0 Å². The van der Waals surface area contributed by atoms with Crippen LogP contribution in [-0.2, 0) is 16.6 Å². The van der Waals surface area contributed by atoms with Gasteiger partial charge in [0.05, 0.1) is 15.9 Å². The third kappa shape index (κ3) is 3.70. The Hall–Kier alpha value is -1.84. The molecule has 1 aliphatic rings. The normalized spacial score (nSPS) is 16.6. The highest BCUT2D eigenvalue weighted by atomic mass is 35.5. The van der Waals surface area contributed by atoms with E-state index in [-0.39, 0.29) is 10.6 Å². The van der Waals surface area contributed by atoms with Gasteiger partial charge in [-0.2, -0.15) is 4.31 Å². The highest BCUT2D eigenvalue weighted by Gasteiger charge is 2.29. The van der Waals surface area contributed by atoms with E-state index >= 15 is 0 Å². The zero-order valence-corrected chi connectivity index (χ0v) is 17.1. The van der Waals surface area contributed by atoms with Gasteiger partial charge in [0.2, 0.25) is 10.0 Å². The quantitative estimate of drug-likeness (QED) is 0.652. The minimum absolute atomic E-state index is 0.165. The smallest absolute Gasteiger partial charge is 0.306 e. The lowest BCUT2D eigenvalue weighted by molar-refractivity contribution is 0.181. The number of piperazine rings is 1. The maximum absolute atomic E-state index is 13.0. The van der Waals surface area contributed by atoms with Crippen molar-refractivity contribution >= 4 is 44.3 Å². The highest BCUT2D eigenvalue weighted by Crippen LogP contribution is 2.27. The molecule has 0 radical (unpaired) electrons.